The fraction of sp³-hybridized carbons (Fsp3) is 1.00. The fourth-order valence-corrected chi connectivity index (χ4v) is 2.93. The zero-order valence-corrected chi connectivity index (χ0v) is 10.7. The molecule has 2 aliphatic rings. The molecule has 88 valence electrons. The molecule has 1 heteroatoms. The molecule has 1 nitrogen and oxygen atoms in total. The molecule has 0 bridgehead atoms. The summed E-state index contributed by atoms with van der Waals surface area (Å²) in [7, 11) is 0. The van der Waals surface area contributed by atoms with E-state index < -0.39 is 0 Å². The van der Waals surface area contributed by atoms with Gasteiger partial charge in [-0.1, -0.05) is 20.8 Å². The Hall–Kier alpha value is -0.0400. The van der Waals surface area contributed by atoms with E-state index in [4.69, 9.17) is 0 Å². The van der Waals surface area contributed by atoms with Crippen LogP contribution in [0.5, 0.6) is 0 Å². The summed E-state index contributed by atoms with van der Waals surface area (Å²) >= 11 is 0. The van der Waals surface area contributed by atoms with Gasteiger partial charge in [-0.2, -0.15) is 0 Å². The van der Waals surface area contributed by atoms with Crippen molar-refractivity contribution in [3.63, 3.8) is 0 Å². The highest BCUT2D eigenvalue weighted by Gasteiger charge is 2.40. The van der Waals surface area contributed by atoms with Crippen molar-refractivity contribution in [1.29, 1.82) is 0 Å². The van der Waals surface area contributed by atoms with Crippen LogP contribution in [0.4, 0.5) is 0 Å². The Balaban J connectivity index is 1.71. The lowest BCUT2D eigenvalue weighted by molar-refractivity contribution is 0.218. The van der Waals surface area contributed by atoms with Gasteiger partial charge in [0.05, 0.1) is 0 Å². The summed E-state index contributed by atoms with van der Waals surface area (Å²) in [6.07, 6.45) is 8.55. The van der Waals surface area contributed by atoms with Gasteiger partial charge < -0.3 is 5.32 Å². The molecular formula is C14H27N. The van der Waals surface area contributed by atoms with Crippen molar-refractivity contribution in [3.05, 3.63) is 0 Å². The minimum absolute atomic E-state index is 0.715. The SMILES string of the molecule is CCC1(CNC2CCC(C)C(C)C2)CC1. The second-order valence-corrected chi connectivity index (χ2v) is 6.20. The van der Waals surface area contributed by atoms with E-state index in [-0.39, 0.29) is 0 Å². The molecule has 3 unspecified atom stereocenters. The highest BCUT2D eigenvalue weighted by Crippen LogP contribution is 2.48. The summed E-state index contributed by atoms with van der Waals surface area (Å²) < 4.78 is 0. The molecule has 2 saturated carbocycles. The third kappa shape index (κ3) is 2.75. The maximum Gasteiger partial charge on any atom is 0.00700 e. The van der Waals surface area contributed by atoms with Gasteiger partial charge in [-0.05, 0) is 55.8 Å². The monoisotopic (exact) mass is 209 g/mol. The Morgan fingerprint density at radius 2 is 1.87 bits per heavy atom. The number of nitrogens with one attached hydrogen (secondary N) is 1. The molecule has 0 aromatic carbocycles. The lowest BCUT2D eigenvalue weighted by Gasteiger charge is -2.33. The molecule has 0 amide bonds. The van der Waals surface area contributed by atoms with Gasteiger partial charge >= 0.3 is 0 Å². The average Bonchev–Trinajstić information content (AvgIpc) is 3.01. The van der Waals surface area contributed by atoms with E-state index in [0.717, 1.165) is 17.9 Å². The van der Waals surface area contributed by atoms with Crippen LogP contribution < -0.4 is 5.32 Å². The van der Waals surface area contributed by atoms with Gasteiger partial charge in [0.25, 0.3) is 0 Å². The van der Waals surface area contributed by atoms with E-state index >= 15 is 0 Å². The summed E-state index contributed by atoms with van der Waals surface area (Å²) in [5.74, 6) is 1.87. The van der Waals surface area contributed by atoms with Gasteiger partial charge in [0, 0.05) is 12.6 Å². The summed E-state index contributed by atoms with van der Waals surface area (Å²) in [5.41, 5.74) is 0.715. The predicted molar refractivity (Wildman–Crippen MR) is 65.9 cm³/mol. The van der Waals surface area contributed by atoms with Crippen LogP contribution in [0.1, 0.15) is 59.3 Å². The molecule has 0 heterocycles. The zero-order chi connectivity index (χ0) is 10.9. The van der Waals surface area contributed by atoms with Crippen molar-refractivity contribution >= 4 is 0 Å². The normalized spacial score (nSPS) is 39.0. The number of rotatable bonds is 4. The zero-order valence-electron chi connectivity index (χ0n) is 10.7. The molecule has 0 aromatic heterocycles. The minimum atomic E-state index is 0.715. The van der Waals surface area contributed by atoms with E-state index in [1.54, 1.807) is 0 Å². The first-order valence-electron chi connectivity index (χ1n) is 6.88. The van der Waals surface area contributed by atoms with E-state index in [9.17, 15) is 0 Å². The van der Waals surface area contributed by atoms with Gasteiger partial charge in [-0.3, -0.25) is 0 Å². The van der Waals surface area contributed by atoms with Crippen LogP contribution in [0.2, 0.25) is 0 Å². The van der Waals surface area contributed by atoms with Crippen molar-refractivity contribution in [2.45, 2.75) is 65.3 Å². The van der Waals surface area contributed by atoms with Crippen molar-refractivity contribution in [1.82, 2.24) is 5.32 Å². The van der Waals surface area contributed by atoms with Gasteiger partial charge in [0.1, 0.15) is 0 Å². The Morgan fingerprint density at radius 1 is 1.13 bits per heavy atom. The van der Waals surface area contributed by atoms with Crippen LogP contribution in [0.15, 0.2) is 0 Å². The Bertz CT molecular complexity index is 207. The van der Waals surface area contributed by atoms with Gasteiger partial charge in [-0.15, -0.1) is 0 Å². The Kier molecular flexibility index (Phi) is 3.39. The minimum Gasteiger partial charge on any atom is -0.313 e. The maximum atomic E-state index is 3.83. The second kappa shape index (κ2) is 4.45. The quantitative estimate of drug-likeness (QED) is 0.746. The fourth-order valence-electron chi connectivity index (χ4n) is 2.93. The first kappa shape index (κ1) is 11.4. The van der Waals surface area contributed by atoms with E-state index in [2.05, 4.69) is 26.1 Å². The van der Waals surface area contributed by atoms with Crippen LogP contribution in [0.25, 0.3) is 0 Å². The van der Waals surface area contributed by atoms with Gasteiger partial charge in [-0.25, -0.2) is 0 Å². The van der Waals surface area contributed by atoms with Crippen LogP contribution >= 0.6 is 0 Å². The molecule has 2 fully saturated rings. The van der Waals surface area contributed by atoms with Crippen molar-refractivity contribution < 1.29 is 0 Å². The molecule has 1 N–H and O–H groups in total. The second-order valence-electron chi connectivity index (χ2n) is 6.20. The van der Waals surface area contributed by atoms with Crippen LogP contribution in [0.3, 0.4) is 0 Å². The van der Waals surface area contributed by atoms with Gasteiger partial charge in [0.15, 0.2) is 0 Å². The van der Waals surface area contributed by atoms with Crippen molar-refractivity contribution in [3.8, 4) is 0 Å². The van der Waals surface area contributed by atoms with E-state index in [0.29, 0.717) is 5.41 Å². The molecule has 2 aliphatic carbocycles. The average molecular weight is 209 g/mol. The first-order chi connectivity index (χ1) is 7.15. The largest absolute Gasteiger partial charge is 0.313 e. The molecule has 2 rings (SSSR count). The molecular weight excluding hydrogens is 182 g/mol. The number of hydrogen-bond donors (Lipinski definition) is 1. The third-order valence-corrected chi connectivity index (χ3v) is 5.07. The Labute approximate surface area is 95.0 Å². The molecule has 3 atom stereocenters. The summed E-state index contributed by atoms with van der Waals surface area (Å²) in [6, 6.07) is 0.820. The van der Waals surface area contributed by atoms with Crippen LogP contribution in [-0.4, -0.2) is 12.6 Å². The molecule has 0 spiro atoms. The lowest BCUT2D eigenvalue weighted by Crippen LogP contribution is -2.39. The van der Waals surface area contributed by atoms with Crippen LogP contribution in [-0.2, 0) is 0 Å². The topological polar surface area (TPSA) is 12.0 Å². The van der Waals surface area contributed by atoms with Crippen molar-refractivity contribution in [2.24, 2.45) is 17.3 Å². The smallest absolute Gasteiger partial charge is 0.00700 e. The summed E-state index contributed by atoms with van der Waals surface area (Å²) in [5, 5.41) is 3.83. The highest BCUT2D eigenvalue weighted by atomic mass is 14.9. The van der Waals surface area contributed by atoms with Gasteiger partial charge in [0.2, 0.25) is 0 Å². The lowest BCUT2D eigenvalue weighted by atomic mass is 9.79. The standard InChI is InChI=1S/C14H27N/c1-4-14(7-8-14)10-15-13-6-5-11(2)12(3)9-13/h11-13,15H,4-10H2,1-3H3. The molecule has 0 aromatic rings. The van der Waals surface area contributed by atoms with Crippen molar-refractivity contribution in [2.75, 3.05) is 6.54 Å². The molecule has 0 radical (unpaired) electrons. The van der Waals surface area contributed by atoms with Crippen LogP contribution in [0, 0.1) is 17.3 Å². The Morgan fingerprint density at radius 3 is 2.40 bits per heavy atom. The third-order valence-electron chi connectivity index (χ3n) is 5.07. The summed E-state index contributed by atoms with van der Waals surface area (Å²) in [4.78, 5) is 0. The molecule has 0 saturated heterocycles. The molecule has 0 aliphatic heterocycles. The first-order valence-corrected chi connectivity index (χ1v) is 6.88. The summed E-state index contributed by atoms with van der Waals surface area (Å²) in [6.45, 7) is 8.47. The highest BCUT2D eigenvalue weighted by molar-refractivity contribution is 4.94. The molecule has 15 heavy (non-hydrogen) atoms. The number of hydrogen-bond acceptors (Lipinski definition) is 1. The van der Waals surface area contributed by atoms with E-state index in [1.165, 1.54) is 45.1 Å². The predicted octanol–water partition coefficient (Wildman–Crippen LogP) is 3.59. The van der Waals surface area contributed by atoms with E-state index in [1.807, 2.05) is 0 Å². The maximum absolute atomic E-state index is 3.83.